The van der Waals surface area contributed by atoms with E-state index in [1.165, 1.54) is 0 Å². The number of rotatable bonds is 52. The maximum atomic E-state index is 14.5. The lowest BCUT2D eigenvalue weighted by molar-refractivity contribution is -0.349. The zero-order chi connectivity index (χ0) is 92.7. The van der Waals surface area contributed by atoms with Crippen LogP contribution in [0.1, 0.15) is 150 Å². The van der Waals surface area contributed by atoms with E-state index in [1.807, 2.05) is 6.92 Å². The maximum Gasteiger partial charge on any atom is 0.335 e. The molecule has 3 fully saturated rings. The summed E-state index contributed by atoms with van der Waals surface area (Å²) in [6.45, 7) is 4.42. The molecular formula is C75H120ClN11O36. The van der Waals surface area contributed by atoms with Crippen LogP contribution in [0.25, 0.3) is 0 Å². The van der Waals surface area contributed by atoms with E-state index in [0.717, 1.165) is 117 Å². The minimum atomic E-state index is -2.35. The Bertz CT molecular complexity index is 3670. The highest BCUT2D eigenvalue weighted by atomic mass is 35.5. The van der Waals surface area contributed by atoms with Crippen molar-refractivity contribution in [1.82, 2.24) is 47.4 Å². The van der Waals surface area contributed by atoms with Crippen LogP contribution in [0.4, 0.5) is 0 Å². The summed E-state index contributed by atoms with van der Waals surface area (Å²) in [5.74, 6) is -18.4. The van der Waals surface area contributed by atoms with Crippen molar-refractivity contribution in [3.8, 4) is 5.75 Å². The number of unbranched alkanes of at least 4 members (excludes halogenated alkanes) is 6. The van der Waals surface area contributed by atoms with Crippen LogP contribution in [0.3, 0.4) is 0 Å². The number of carboxylic acid groups (broad SMARTS) is 2. The molecule has 29 N–H and O–H groups in total. The molecule has 123 heavy (non-hydrogen) atoms. The summed E-state index contributed by atoms with van der Waals surface area (Å²) in [5.41, 5.74) is 9.56. The number of nitrogens with zero attached hydrogens (tertiary/aromatic N) is 1. The minimum Gasteiger partial charge on any atom is -0.508 e. The standard InChI is InChI=1S/C75H120ClN11O36/c1-8-17-36(76)18-15-13-11-10-12-14-16-19-42(120-73-60(105)61(41(93)30-118-73)122-75-59(104)56(101)57(102)62(123-75)72(116)117)54(99)70(113)85-49(33(5)91)66(109)83-47(31(3)89)65(108)84-48(32(4)90)67(110)86-50(52(97)35-20-22-37(92)23-21-35)68(111)80-38(9-2)64(107)81-39(24-26-44(77)94)63(106)79-28-46(96)87(7)51(69(112)82-40(71(114)115)25-27-45(78)95)34(6)119-74-58(103)55(100)53(98)43(29-88)121-74/h9,20-23,31-34,36,39-43,47-62,73-75,88-93,97-105H,8,10-19,24-30H2,1-7H3,(H2,77,94)(H2,78,95)(H,79,106)(H,80,111)(H,81,107)(H,82,112)(H,83,109)(H,84,108)(H,85,113)(H,86,110)(H,114,115)(H,116,117). The Morgan fingerprint density at radius 3 is 1.58 bits per heavy atom. The Morgan fingerprint density at radius 2 is 1.07 bits per heavy atom. The van der Waals surface area contributed by atoms with Crippen molar-refractivity contribution in [2.75, 3.05) is 26.8 Å². The first-order chi connectivity index (χ1) is 57.7. The number of hydrogen-bond acceptors (Lipinski definition) is 34. The average molecular weight is 1790 g/mol. The van der Waals surface area contributed by atoms with Crippen LogP contribution < -0.4 is 54.0 Å². The van der Waals surface area contributed by atoms with Gasteiger partial charge in [-0.25, -0.2) is 9.59 Å². The van der Waals surface area contributed by atoms with Crippen LogP contribution >= 0.6 is 11.6 Å². The van der Waals surface area contributed by atoms with Gasteiger partial charge < -0.3 is 174 Å². The fourth-order valence-corrected chi connectivity index (χ4v) is 13.6. The van der Waals surface area contributed by atoms with Crippen LogP contribution in [-0.4, -0.2) is 366 Å². The normalized spacial score (nSPS) is 26.0. The van der Waals surface area contributed by atoms with Gasteiger partial charge in [0.25, 0.3) is 11.8 Å². The number of halogens is 1. The molecule has 3 aliphatic rings. The Labute approximate surface area is 710 Å². The van der Waals surface area contributed by atoms with Gasteiger partial charge in [-0.15, -0.1) is 11.6 Å². The van der Waals surface area contributed by atoms with E-state index in [-0.39, 0.29) is 29.5 Å². The number of carbonyl (C=O) groups excluding carboxylic acids is 11. The van der Waals surface area contributed by atoms with E-state index in [4.69, 9.17) is 51.5 Å². The summed E-state index contributed by atoms with van der Waals surface area (Å²) in [6, 6.07) is -10.3. The highest BCUT2D eigenvalue weighted by Crippen LogP contribution is 2.31. The first-order valence-electron chi connectivity index (χ1n) is 39.9. The molecule has 29 unspecified atom stereocenters. The number of nitrogens with two attached hydrogens (primary N) is 2. The zero-order valence-corrected chi connectivity index (χ0v) is 69.5. The molecule has 0 radical (unpaired) electrons. The molecule has 698 valence electrons. The largest absolute Gasteiger partial charge is 0.508 e. The number of aliphatic hydroxyl groups excluding tert-OH is 14. The van der Waals surface area contributed by atoms with Gasteiger partial charge in [0.1, 0.15) is 121 Å². The Morgan fingerprint density at radius 1 is 0.569 bits per heavy atom. The number of aromatic hydroxyl groups is 1. The Hall–Kier alpha value is -8.64. The lowest BCUT2D eigenvalue weighted by Crippen LogP contribution is -2.64. The van der Waals surface area contributed by atoms with Gasteiger partial charge in [0.15, 0.2) is 31.1 Å². The smallest absolute Gasteiger partial charge is 0.335 e. The number of nitrogens with one attached hydrogen (secondary N) is 8. The van der Waals surface area contributed by atoms with Crippen LogP contribution in [0.2, 0.25) is 0 Å². The van der Waals surface area contributed by atoms with Crippen molar-refractivity contribution in [2.45, 2.75) is 314 Å². The number of allylic oxidation sites excluding steroid dienone is 1. The van der Waals surface area contributed by atoms with Gasteiger partial charge in [0, 0.05) is 25.3 Å². The van der Waals surface area contributed by atoms with Gasteiger partial charge in [0.2, 0.25) is 53.2 Å². The van der Waals surface area contributed by atoms with Crippen LogP contribution in [0.15, 0.2) is 36.0 Å². The maximum absolute atomic E-state index is 14.5. The molecule has 0 saturated carbocycles. The molecule has 0 bridgehead atoms. The van der Waals surface area contributed by atoms with Crippen LogP contribution in [0, 0.1) is 0 Å². The molecule has 1 aromatic rings. The molecule has 29 atom stereocenters. The molecule has 1 aromatic carbocycles. The van der Waals surface area contributed by atoms with Gasteiger partial charge in [-0.05, 0) is 84.4 Å². The number of alkyl halides is 1. The number of carbonyl (C=O) groups is 13. The van der Waals surface area contributed by atoms with Gasteiger partial charge in [-0.3, -0.25) is 52.7 Å². The quantitative estimate of drug-likeness (QED) is 0.0164. The monoisotopic (exact) mass is 1790 g/mol. The summed E-state index contributed by atoms with van der Waals surface area (Å²) >= 11 is 6.37. The number of primary amides is 2. The second-order valence-electron chi connectivity index (χ2n) is 30.2. The van der Waals surface area contributed by atoms with Crippen molar-refractivity contribution >= 4 is 88.5 Å². The lowest BCUT2D eigenvalue weighted by Gasteiger charge is -2.44. The number of carboxylic acids is 2. The number of likely N-dealkylation sites (N-methyl/N-ethyl adjacent to an activating group) is 1. The van der Waals surface area contributed by atoms with Crippen molar-refractivity contribution in [2.24, 2.45) is 11.5 Å². The first kappa shape index (κ1) is 107. The van der Waals surface area contributed by atoms with Gasteiger partial charge in [0.05, 0.1) is 50.3 Å². The Balaban J connectivity index is 1.57. The first-order valence-corrected chi connectivity index (χ1v) is 40.3. The molecule has 48 heteroatoms. The molecule has 47 nitrogen and oxygen atoms in total. The lowest BCUT2D eigenvalue weighted by atomic mass is 9.98. The number of ether oxygens (including phenoxy) is 6. The molecule has 0 aliphatic carbocycles. The van der Waals surface area contributed by atoms with E-state index in [0.29, 0.717) is 17.7 Å². The number of amides is 11. The van der Waals surface area contributed by atoms with Gasteiger partial charge in [-0.2, -0.15) is 0 Å². The number of aliphatic carboxylic acids is 2. The second kappa shape index (κ2) is 51.7. The minimum absolute atomic E-state index is 0.0553. The third-order valence-corrected chi connectivity index (χ3v) is 20.8. The molecular weight excluding hydrogens is 1670 g/mol. The number of phenolic OH excluding ortho intramolecular Hbond substituents is 1. The topological polar surface area (TPSA) is 773 Å². The van der Waals surface area contributed by atoms with E-state index < -0.39 is 299 Å². The summed E-state index contributed by atoms with van der Waals surface area (Å²) in [4.78, 5) is 176. The molecule has 11 amide bonds. The molecule has 3 heterocycles. The average Bonchev–Trinajstić information content (AvgIpc) is 0.800. The molecule has 0 spiro atoms. The van der Waals surface area contributed by atoms with E-state index in [2.05, 4.69) is 42.5 Å². The highest BCUT2D eigenvalue weighted by Gasteiger charge is 2.53. The third kappa shape index (κ3) is 32.4. The zero-order valence-electron chi connectivity index (χ0n) is 68.7. The predicted octanol–water partition coefficient (Wildman–Crippen LogP) is -9.72. The SMILES string of the molecule is CC=C(NC(=O)C(NC(=O)C(NC(=O)C(NC(=O)C(NC(=O)C(O)C(CCCCCCCCCC(Cl)CCC)OC1OCC(O)C(OC2OC(C(=O)O)C(O)C(O)C2O)C1O)C(C)O)C(C)O)C(C)O)C(O)c1ccc(O)cc1)C(=O)NC(CCC(N)=O)C(=O)NCC(=O)N(C)C(C(=O)NC(CCC(N)=O)C(=O)O)C(C)OC1OC(CO)C(O)C(O)C1O. The fourth-order valence-electron chi connectivity index (χ4n) is 13.2. The molecule has 0 aromatic heterocycles. The summed E-state index contributed by atoms with van der Waals surface area (Å²) in [6.07, 6.45) is -36.0. The third-order valence-electron chi connectivity index (χ3n) is 20.4. The van der Waals surface area contributed by atoms with Crippen molar-refractivity contribution < 1.29 is 178 Å². The van der Waals surface area contributed by atoms with E-state index in [9.17, 15) is 149 Å². The number of aliphatic hydroxyl groups is 14. The number of benzene rings is 1. The van der Waals surface area contributed by atoms with Gasteiger partial charge >= 0.3 is 11.9 Å². The summed E-state index contributed by atoms with van der Waals surface area (Å²) in [7, 11) is 0.958. The number of hydrogen-bond donors (Lipinski definition) is 27. The van der Waals surface area contributed by atoms with Crippen molar-refractivity contribution in [3.05, 3.63) is 41.6 Å². The molecule has 3 aliphatic heterocycles. The van der Waals surface area contributed by atoms with Crippen molar-refractivity contribution in [1.29, 1.82) is 0 Å². The molecule has 4 rings (SSSR count). The van der Waals surface area contributed by atoms with Crippen LogP contribution in [-0.2, 0) is 90.8 Å². The van der Waals surface area contributed by atoms with Crippen molar-refractivity contribution in [3.63, 3.8) is 0 Å². The van der Waals surface area contributed by atoms with E-state index >= 15 is 0 Å². The van der Waals surface area contributed by atoms with Crippen LogP contribution in [0.5, 0.6) is 5.75 Å². The summed E-state index contributed by atoms with van der Waals surface area (Å²) in [5, 5.41) is 198. The summed E-state index contributed by atoms with van der Waals surface area (Å²) < 4.78 is 33.3. The Kier molecular flexibility index (Phi) is 44.9. The fraction of sp³-hybridized carbons (Fsp3) is 0.720. The highest BCUT2D eigenvalue weighted by molar-refractivity contribution is 6.20. The number of phenols is 1. The molecule has 3 saturated heterocycles. The van der Waals surface area contributed by atoms with Gasteiger partial charge in [-0.1, -0.05) is 76.5 Å². The second-order valence-corrected chi connectivity index (χ2v) is 30.8. The predicted molar refractivity (Wildman–Crippen MR) is 418 cm³/mol. The van der Waals surface area contributed by atoms with E-state index in [1.54, 1.807) is 0 Å².